The summed E-state index contributed by atoms with van der Waals surface area (Å²) in [5.41, 5.74) is -0.0934. The summed E-state index contributed by atoms with van der Waals surface area (Å²) in [5.74, 6) is -1.52. The van der Waals surface area contributed by atoms with Gasteiger partial charge in [0.1, 0.15) is 5.69 Å². The highest BCUT2D eigenvalue weighted by atomic mass is 16.4. The number of pyridine rings is 1. The molecule has 1 amide bonds. The van der Waals surface area contributed by atoms with Gasteiger partial charge in [-0.15, -0.1) is 6.58 Å². The summed E-state index contributed by atoms with van der Waals surface area (Å²) in [6.07, 6.45) is 4.80. The molecular weight excluding hydrogens is 232 g/mol. The second-order valence-electron chi connectivity index (χ2n) is 3.86. The van der Waals surface area contributed by atoms with Crippen molar-refractivity contribution >= 4 is 11.9 Å². The first kappa shape index (κ1) is 13.9. The van der Waals surface area contributed by atoms with Gasteiger partial charge in [0.15, 0.2) is 0 Å². The van der Waals surface area contributed by atoms with Crippen LogP contribution in [0.5, 0.6) is 0 Å². The summed E-state index contributed by atoms with van der Waals surface area (Å²) in [6, 6.07) is 2.87. The molecular formula is C13H16N2O3. The molecule has 0 fully saturated rings. The van der Waals surface area contributed by atoms with Crippen molar-refractivity contribution in [3.05, 3.63) is 42.2 Å². The van der Waals surface area contributed by atoms with Gasteiger partial charge in [0.05, 0.1) is 5.56 Å². The van der Waals surface area contributed by atoms with Crippen LogP contribution in [0.1, 0.15) is 33.7 Å². The fraction of sp³-hybridized carbons (Fsp3) is 0.308. The van der Waals surface area contributed by atoms with Gasteiger partial charge in [0.25, 0.3) is 5.91 Å². The Morgan fingerprint density at radius 3 is 2.89 bits per heavy atom. The smallest absolute Gasteiger partial charge is 0.338 e. The summed E-state index contributed by atoms with van der Waals surface area (Å²) in [4.78, 5) is 28.4. The molecule has 0 aliphatic heterocycles. The van der Waals surface area contributed by atoms with E-state index in [2.05, 4.69) is 11.6 Å². The van der Waals surface area contributed by atoms with Crippen molar-refractivity contribution in [1.82, 2.24) is 9.88 Å². The molecule has 1 rings (SSSR count). The zero-order chi connectivity index (χ0) is 13.5. The zero-order valence-corrected chi connectivity index (χ0v) is 10.3. The quantitative estimate of drug-likeness (QED) is 0.615. The number of amides is 1. The molecule has 0 radical (unpaired) electrons. The molecule has 0 aliphatic rings. The molecule has 0 spiro atoms. The largest absolute Gasteiger partial charge is 0.478 e. The summed E-state index contributed by atoms with van der Waals surface area (Å²) in [7, 11) is 1.63. The summed E-state index contributed by atoms with van der Waals surface area (Å²) >= 11 is 0. The van der Waals surface area contributed by atoms with Gasteiger partial charge in [0, 0.05) is 19.8 Å². The van der Waals surface area contributed by atoms with Gasteiger partial charge in [-0.25, -0.2) is 4.79 Å². The van der Waals surface area contributed by atoms with E-state index < -0.39 is 5.97 Å². The maximum atomic E-state index is 12.0. The van der Waals surface area contributed by atoms with Crippen LogP contribution in [0.15, 0.2) is 31.0 Å². The van der Waals surface area contributed by atoms with Gasteiger partial charge >= 0.3 is 5.97 Å². The molecule has 5 heteroatoms. The summed E-state index contributed by atoms with van der Waals surface area (Å²) < 4.78 is 0. The molecule has 1 aromatic rings. The van der Waals surface area contributed by atoms with E-state index >= 15 is 0 Å². The predicted octanol–water partition coefficient (Wildman–Crippen LogP) is 1.82. The standard InChI is InChI=1S/C13H16N2O3/c1-3-4-5-9-15(2)12(16)11-10(13(17)18)7-6-8-14-11/h3,6-8H,1,4-5,9H2,2H3,(H,17,18). The number of nitrogens with zero attached hydrogens (tertiary/aromatic N) is 2. The number of rotatable bonds is 6. The van der Waals surface area contributed by atoms with Crippen molar-refractivity contribution in [2.24, 2.45) is 0 Å². The van der Waals surface area contributed by atoms with E-state index in [4.69, 9.17) is 5.11 Å². The number of hydrogen-bond acceptors (Lipinski definition) is 3. The minimum atomic E-state index is -1.15. The first-order chi connectivity index (χ1) is 8.57. The number of carboxylic acids is 1. The van der Waals surface area contributed by atoms with E-state index in [1.54, 1.807) is 13.1 Å². The fourth-order valence-corrected chi connectivity index (χ4v) is 1.50. The third kappa shape index (κ3) is 3.41. The topological polar surface area (TPSA) is 70.5 Å². The average Bonchev–Trinajstić information content (AvgIpc) is 2.38. The first-order valence-corrected chi connectivity index (χ1v) is 5.62. The lowest BCUT2D eigenvalue weighted by molar-refractivity contribution is 0.0679. The second kappa shape index (κ2) is 6.54. The molecule has 1 aromatic heterocycles. The Balaban J connectivity index is 2.83. The van der Waals surface area contributed by atoms with E-state index in [-0.39, 0.29) is 17.2 Å². The number of carbonyl (C=O) groups excluding carboxylic acids is 1. The van der Waals surface area contributed by atoms with Crippen LogP contribution in [0.4, 0.5) is 0 Å². The van der Waals surface area contributed by atoms with Gasteiger partial charge < -0.3 is 10.0 Å². The molecule has 0 aliphatic carbocycles. The van der Waals surface area contributed by atoms with Crippen LogP contribution in [0.3, 0.4) is 0 Å². The van der Waals surface area contributed by atoms with E-state index in [0.29, 0.717) is 6.54 Å². The van der Waals surface area contributed by atoms with Crippen LogP contribution in [-0.4, -0.2) is 40.5 Å². The second-order valence-corrected chi connectivity index (χ2v) is 3.86. The van der Waals surface area contributed by atoms with Crippen LogP contribution in [0, 0.1) is 0 Å². The normalized spacial score (nSPS) is 9.83. The lowest BCUT2D eigenvalue weighted by Crippen LogP contribution is -2.30. The Bertz CT molecular complexity index is 457. The molecule has 5 nitrogen and oxygen atoms in total. The highest BCUT2D eigenvalue weighted by Gasteiger charge is 2.20. The molecule has 0 bridgehead atoms. The molecule has 0 saturated heterocycles. The van der Waals surface area contributed by atoms with E-state index in [1.807, 2.05) is 0 Å². The van der Waals surface area contributed by atoms with E-state index in [9.17, 15) is 9.59 Å². The van der Waals surface area contributed by atoms with Crippen LogP contribution in [0.25, 0.3) is 0 Å². The highest BCUT2D eigenvalue weighted by Crippen LogP contribution is 2.08. The van der Waals surface area contributed by atoms with Gasteiger partial charge in [-0.2, -0.15) is 0 Å². The molecule has 0 unspecified atom stereocenters. The van der Waals surface area contributed by atoms with Crippen molar-refractivity contribution in [1.29, 1.82) is 0 Å². The Hall–Kier alpha value is -2.17. The van der Waals surface area contributed by atoms with Crippen LogP contribution in [-0.2, 0) is 0 Å². The third-order valence-corrected chi connectivity index (χ3v) is 2.49. The van der Waals surface area contributed by atoms with E-state index in [0.717, 1.165) is 12.8 Å². The van der Waals surface area contributed by atoms with Gasteiger partial charge in [-0.05, 0) is 25.0 Å². The van der Waals surface area contributed by atoms with Crippen molar-refractivity contribution in [3.63, 3.8) is 0 Å². The third-order valence-electron chi connectivity index (χ3n) is 2.49. The number of aromatic nitrogens is 1. The van der Waals surface area contributed by atoms with Crippen LogP contribution >= 0.6 is 0 Å². The number of carboxylic acid groups (broad SMARTS) is 1. The van der Waals surface area contributed by atoms with Gasteiger partial charge in [-0.1, -0.05) is 6.08 Å². The maximum Gasteiger partial charge on any atom is 0.338 e. The number of allylic oxidation sites excluding steroid dienone is 1. The minimum Gasteiger partial charge on any atom is -0.478 e. The molecule has 1 N–H and O–H groups in total. The van der Waals surface area contributed by atoms with Crippen molar-refractivity contribution in [2.75, 3.05) is 13.6 Å². The maximum absolute atomic E-state index is 12.0. The number of carbonyl (C=O) groups is 2. The van der Waals surface area contributed by atoms with E-state index in [1.165, 1.54) is 23.2 Å². The molecule has 0 saturated carbocycles. The number of aromatic carboxylic acids is 1. The number of unbranched alkanes of at least 4 members (excludes halogenated alkanes) is 1. The van der Waals surface area contributed by atoms with Gasteiger partial charge in [-0.3, -0.25) is 9.78 Å². The lowest BCUT2D eigenvalue weighted by Gasteiger charge is -2.16. The van der Waals surface area contributed by atoms with Crippen molar-refractivity contribution in [2.45, 2.75) is 12.8 Å². The van der Waals surface area contributed by atoms with Crippen molar-refractivity contribution < 1.29 is 14.7 Å². The lowest BCUT2D eigenvalue weighted by atomic mass is 10.1. The summed E-state index contributed by atoms with van der Waals surface area (Å²) in [5, 5.41) is 8.99. The SMILES string of the molecule is C=CCCCN(C)C(=O)c1ncccc1C(=O)O. The molecule has 1 heterocycles. The monoisotopic (exact) mass is 248 g/mol. The van der Waals surface area contributed by atoms with Crippen molar-refractivity contribution in [3.8, 4) is 0 Å². The average molecular weight is 248 g/mol. The molecule has 0 atom stereocenters. The van der Waals surface area contributed by atoms with Gasteiger partial charge in [0.2, 0.25) is 0 Å². The highest BCUT2D eigenvalue weighted by molar-refractivity contribution is 6.03. The zero-order valence-electron chi connectivity index (χ0n) is 10.3. The summed E-state index contributed by atoms with van der Waals surface area (Å²) in [6.45, 7) is 4.15. The first-order valence-electron chi connectivity index (χ1n) is 5.62. The molecule has 0 aromatic carbocycles. The predicted molar refractivity (Wildman–Crippen MR) is 67.6 cm³/mol. The Labute approximate surface area is 106 Å². The minimum absolute atomic E-state index is 0.0221. The Morgan fingerprint density at radius 2 is 2.28 bits per heavy atom. The molecule has 18 heavy (non-hydrogen) atoms. The van der Waals surface area contributed by atoms with Crippen LogP contribution < -0.4 is 0 Å². The fourth-order valence-electron chi connectivity index (χ4n) is 1.50. The Morgan fingerprint density at radius 1 is 1.56 bits per heavy atom. The number of hydrogen-bond donors (Lipinski definition) is 1. The van der Waals surface area contributed by atoms with Crippen LogP contribution in [0.2, 0.25) is 0 Å². The Kier molecular flexibility index (Phi) is 5.05. The molecule has 96 valence electrons.